The van der Waals surface area contributed by atoms with Crippen molar-refractivity contribution < 1.29 is 0 Å². The first kappa shape index (κ1) is 9.20. The summed E-state index contributed by atoms with van der Waals surface area (Å²) in [6.07, 6.45) is 7.83. The van der Waals surface area contributed by atoms with Crippen LogP contribution >= 0.6 is 0 Å². The number of aliphatic imine (C=N–C) groups is 1. The number of allylic oxidation sites excluding steroid dienone is 1. The van der Waals surface area contributed by atoms with Crippen LogP contribution in [0.4, 0.5) is 0 Å². The Hall–Kier alpha value is -0.890. The minimum atomic E-state index is -0.265. The van der Waals surface area contributed by atoms with E-state index in [2.05, 4.69) is 18.0 Å². The van der Waals surface area contributed by atoms with Gasteiger partial charge in [-0.2, -0.15) is 0 Å². The Labute approximate surface area is 73.9 Å². The third-order valence-electron chi connectivity index (χ3n) is 1.85. The lowest BCUT2D eigenvalue weighted by Gasteiger charge is -2.20. The van der Waals surface area contributed by atoms with Crippen molar-refractivity contribution in [3.63, 3.8) is 0 Å². The molecule has 12 heavy (non-hydrogen) atoms. The largest absolute Gasteiger partial charge is 0.322 e. The lowest BCUT2D eigenvalue weighted by molar-refractivity contribution is 0.621. The van der Waals surface area contributed by atoms with Crippen LogP contribution in [-0.4, -0.2) is 11.8 Å². The van der Waals surface area contributed by atoms with Gasteiger partial charge in [-0.3, -0.25) is 4.99 Å². The van der Waals surface area contributed by atoms with Gasteiger partial charge < -0.3 is 5.73 Å². The van der Waals surface area contributed by atoms with E-state index in [0.717, 1.165) is 5.57 Å². The Morgan fingerprint density at radius 3 is 2.75 bits per heavy atom. The van der Waals surface area contributed by atoms with Crippen LogP contribution in [0.2, 0.25) is 0 Å². The van der Waals surface area contributed by atoms with Crippen molar-refractivity contribution in [2.75, 3.05) is 0 Å². The van der Waals surface area contributed by atoms with E-state index in [9.17, 15) is 0 Å². The third kappa shape index (κ3) is 2.31. The molecule has 0 radical (unpaired) electrons. The van der Waals surface area contributed by atoms with Gasteiger partial charge in [-0.05, 0) is 25.5 Å². The molecule has 0 fully saturated rings. The molecule has 1 aliphatic heterocycles. The van der Waals surface area contributed by atoms with Gasteiger partial charge in [-0.25, -0.2) is 0 Å². The molecule has 1 heterocycles. The monoisotopic (exact) mass is 164 g/mol. The second-order valence-corrected chi connectivity index (χ2v) is 3.82. The summed E-state index contributed by atoms with van der Waals surface area (Å²) in [6.45, 7) is 6.10. The first-order chi connectivity index (χ1) is 5.50. The maximum atomic E-state index is 5.97. The summed E-state index contributed by atoms with van der Waals surface area (Å²) in [6, 6.07) is 0. The third-order valence-corrected chi connectivity index (χ3v) is 1.85. The summed E-state index contributed by atoms with van der Waals surface area (Å²) in [5.74, 6) is 0.373. The molecule has 0 aromatic carbocycles. The molecular formula is C10H16N2. The number of nitrogens with zero attached hydrogens (tertiary/aromatic N) is 1. The Morgan fingerprint density at radius 2 is 2.17 bits per heavy atom. The second kappa shape index (κ2) is 3.23. The average Bonchev–Trinajstić information content (AvgIpc) is 2.11. The number of rotatable bonds is 1. The predicted octanol–water partition coefficient (Wildman–Crippen LogP) is 1.88. The molecule has 0 saturated carbocycles. The molecule has 1 atom stereocenters. The van der Waals surface area contributed by atoms with Crippen molar-refractivity contribution in [1.82, 2.24) is 0 Å². The van der Waals surface area contributed by atoms with Gasteiger partial charge in [0.05, 0.1) is 0 Å². The fourth-order valence-electron chi connectivity index (χ4n) is 1.12. The molecule has 0 aliphatic carbocycles. The molecule has 0 bridgehead atoms. The van der Waals surface area contributed by atoms with Crippen LogP contribution in [0.5, 0.6) is 0 Å². The van der Waals surface area contributed by atoms with Gasteiger partial charge in [0, 0.05) is 23.9 Å². The highest BCUT2D eigenvalue weighted by Crippen LogP contribution is 2.17. The van der Waals surface area contributed by atoms with Crippen LogP contribution in [0.25, 0.3) is 0 Å². The van der Waals surface area contributed by atoms with E-state index < -0.39 is 0 Å². The Morgan fingerprint density at radius 1 is 1.50 bits per heavy atom. The fourth-order valence-corrected chi connectivity index (χ4v) is 1.12. The van der Waals surface area contributed by atoms with Crippen molar-refractivity contribution in [3.8, 4) is 0 Å². The van der Waals surface area contributed by atoms with Gasteiger partial charge in [0.25, 0.3) is 0 Å². The highest BCUT2D eigenvalue weighted by Gasteiger charge is 2.16. The molecule has 0 aromatic heterocycles. The van der Waals surface area contributed by atoms with Crippen LogP contribution in [0.1, 0.15) is 20.8 Å². The number of hydrogen-bond acceptors (Lipinski definition) is 2. The van der Waals surface area contributed by atoms with E-state index in [1.807, 2.05) is 26.1 Å². The van der Waals surface area contributed by atoms with E-state index in [1.165, 1.54) is 0 Å². The standard InChI is InChI=1S/C10H16N2/c1-8-6-9(10(2,3)11)4-5-12-7-8/h4-8H,11H2,1-3H3. The van der Waals surface area contributed by atoms with E-state index in [0.29, 0.717) is 5.92 Å². The summed E-state index contributed by atoms with van der Waals surface area (Å²) in [5.41, 5.74) is 6.85. The van der Waals surface area contributed by atoms with Crippen molar-refractivity contribution in [1.29, 1.82) is 0 Å². The Kier molecular flexibility index (Phi) is 2.48. The maximum Gasteiger partial charge on any atom is 0.0350 e. The molecule has 2 N–H and O–H groups in total. The molecule has 0 spiro atoms. The molecule has 0 saturated heterocycles. The van der Waals surface area contributed by atoms with Gasteiger partial charge in [0.1, 0.15) is 0 Å². The van der Waals surface area contributed by atoms with Crippen LogP contribution < -0.4 is 5.73 Å². The average molecular weight is 164 g/mol. The topological polar surface area (TPSA) is 38.4 Å². The van der Waals surface area contributed by atoms with E-state index in [-0.39, 0.29) is 5.54 Å². The predicted molar refractivity (Wildman–Crippen MR) is 53.1 cm³/mol. The minimum absolute atomic E-state index is 0.265. The second-order valence-electron chi connectivity index (χ2n) is 3.82. The zero-order valence-corrected chi connectivity index (χ0v) is 7.91. The SMILES string of the molecule is CC1C=NC=CC(C(C)(C)N)=C1. The molecule has 2 heteroatoms. The smallest absolute Gasteiger partial charge is 0.0350 e. The highest BCUT2D eigenvalue weighted by molar-refractivity contribution is 5.65. The molecule has 1 aliphatic rings. The first-order valence-corrected chi connectivity index (χ1v) is 4.21. The van der Waals surface area contributed by atoms with Gasteiger partial charge in [-0.1, -0.05) is 13.0 Å². The summed E-state index contributed by atoms with van der Waals surface area (Å²) in [4.78, 5) is 4.10. The molecule has 2 nitrogen and oxygen atoms in total. The maximum absolute atomic E-state index is 5.97. The summed E-state index contributed by atoms with van der Waals surface area (Å²) >= 11 is 0. The fraction of sp³-hybridized carbons (Fsp3) is 0.500. The highest BCUT2D eigenvalue weighted by atomic mass is 14.7. The molecule has 0 amide bonds. The lowest BCUT2D eigenvalue weighted by atomic mass is 9.92. The van der Waals surface area contributed by atoms with Crippen LogP contribution in [0, 0.1) is 5.92 Å². The van der Waals surface area contributed by atoms with E-state index >= 15 is 0 Å². The number of nitrogens with two attached hydrogens (primary N) is 1. The van der Waals surface area contributed by atoms with Crippen molar-refractivity contribution in [2.24, 2.45) is 16.6 Å². The van der Waals surface area contributed by atoms with Crippen molar-refractivity contribution in [3.05, 3.63) is 23.9 Å². The summed E-state index contributed by atoms with van der Waals surface area (Å²) < 4.78 is 0. The zero-order chi connectivity index (χ0) is 9.19. The molecule has 1 unspecified atom stereocenters. The van der Waals surface area contributed by atoms with E-state index in [4.69, 9.17) is 5.73 Å². The first-order valence-electron chi connectivity index (χ1n) is 4.21. The van der Waals surface area contributed by atoms with Crippen LogP contribution in [0.3, 0.4) is 0 Å². The molecular weight excluding hydrogens is 148 g/mol. The molecule has 66 valence electrons. The van der Waals surface area contributed by atoms with Crippen molar-refractivity contribution in [2.45, 2.75) is 26.3 Å². The lowest BCUT2D eigenvalue weighted by Crippen LogP contribution is -2.33. The normalized spacial score (nSPS) is 23.7. The zero-order valence-electron chi connectivity index (χ0n) is 7.91. The van der Waals surface area contributed by atoms with Gasteiger partial charge in [0.2, 0.25) is 0 Å². The van der Waals surface area contributed by atoms with Crippen LogP contribution in [-0.2, 0) is 0 Å². The quantitative estimate of drug-likeness (QED) is 0.631. The minimum Gasteiger partial charge on any atom is -0.322 e. The summed E-state index contributed by atoms with van der Waals surface area (Å²) in [7, 11) is 0. The van der Waals surface area contributed by atoms with Gasteiger partial charge in [-0.15, -0.1) is 0 Å². The summed E-state index contributed by atoms with van der Waals surface area (Å²) in [5, 5.41) is 0. The van der Waals surface area contributed by atoms with E-state index in [1.54, 1.807) is 6.20 Å². The molecule has 0 aromatic rings. The number of hydrogen-bond donors (Lipinski definition) is 1. The Balaban J connectivity index is 2.91. The molecule has 1 rings (SSSR count). The van der Waals surface area contributed by atoms with Gasteiger partial charge >= 0.3 is 0 Å². The van der Waals surface area contributed by atoms with Crippen molar-refractivity contribution >= 4 is 6.21 Å². The Bertz CT molecular complexity index is 241. The van der Waals surface area contributed by atoms with Gasteiger partial charge in [0.15, 0.2) is 0 Å². The van der Waals surface area contributed by atoms with Crippen LogP contribution in [0.15, 0.2) is 28.9 Å².